The van der Waals surface area contributed by atoms with Crippen molar-refractivity contribution in [2.24, 2.45) is 0 Å². The van der Waals surface area contributed by atoms with Gasteiger partial charge in [0, 0.05) is 4.90 Å². The van der Waals surface area contributed by atoms with Gasteiger partial charge in [0.15, 0.2) is 0 Å². The minimum atomic E-state index is -0.947. The maximum Gasteiger partial charge on any atom is 0.335 e. The standard InChI is InChI=1S/C14H16O4S/c15-13(18-11-3-1-2-4-11)9-19-12-7-5-10(6-8-12)14(16)17/h5-8,11H,1-4,9H2,(H,16,17). The Hall–Kier alpha value is -1.49. The number of hydrogen-bond donors (Lipinski definition) is 1. The van der Waals surface area contributed by atoms with Crippen LogP contribution in [0.5, 0.6) is 0 Å². The molecular weight excluding hydrogens is 264 g/mol. The van der Waals surface area contributed by atoms with Crippen LogP contribution in [0.4, 0.5) is 0 Å². The lowest BCUT2D eigenvalue weighted by molar-refractivity contribution is -0.145. The summed E-state index contributed by atoms with van der Waals surface area (Å²) >= 11 is 1.36. The second-order valence-corrected chi connectivity index (χ2v) is 5.56. The summed E-state index contributed by atoms with van der Waals surface area (Å²) in [6.07, 6.45) is 4.33. The lowest BCUT2D eigenvalue weighted by Gasteiger charge is -2.10. The number of hydrogen-bond acceptors (Lipinski definition) is 4. The van der Waals surface area contributed by atoms with Gasteiger partial charge >= 0.3 is 11.9 Å². The van der Waals surface area contributed by atoms with Gasteiger partial charge in [-0.2, -0.15) is 0 Å². The number of carboxylic acids is 1. The molecule has 0 spiro atoms. The van der Waals surface area contributed by atoms with E-state index in [1.807, 2.05) is 0 Å². The molecule has 1 saturated carbocycles. The van der Waals surface area contributed by atoms with Gasteiger partial charge in [0.05, 0.1) is 11.3 Å². The maximum absolute atomic E-state index is 11.6. The van der Waals surface area contributed by atoms with E-state index in [9.17, 15) is 9.59 Å². The number of benzene rings is 1. The van der Waals surface area contributed by atoms with Gasteiger partial charge in [-0.15, -0.1) is 11.8 Å². The van der Waals surface area contributed by atoms with Crippen LogP contribution in [-0.2, 0) is 9.53 Å². The minimum Gasteiger partial charge on any atom is -0.478 e. The van der Waals surface area contributed by atoms with Gasteiger partial charge in [0.25, 0.3) is 0 Å². The monoisotopic (exact) mass is 280 g/mol. The molecular formula is C14H16O4S. The van der Waals surface area contributed by atoms with Crippen molar-refractivity contribution in [2.45, 2.75) is 36.7 Å². The van der Waals surface area contributed by atoms with Crippen LogP contribution in [0, 0.1) is 0 Å². The molecule has 1 aliphatic rings. The van der Waals surface area contributed by atoms with Crippen molar-refractivity contribution in [3.05, 3.63) is 29.8 Å². The van der Waals surface area contributed by atoms with Crippen molar-refractivity contribution in [3.63, 3.8) is 0 Å². The number of rotatable bonds is 5. The van der Waals surface area contributed by atoms with Crippen molar-refractivity contribution >= 4 is 23.7 Å². The topological polar surface area (TPSA) is 63.6 Å². The molecule has 1 aliphatic carbocycles. The Morgan fingerprint density at radius 2 is 1.84 bits per heavy atom. The number of thioether (sulfide) groups is 1. The minimum absolute atomic E-state index is 0.0995. The van der Waals surface area contributed by atoms with Crippen LogP contribution < -0.4 is 0 Å². The Labute approximate surface area is 116 Å². The largest absolute Gasteiger partial charge is 0.478 e. The first kappa shape index (κ1) is 13.9. The van der Waals surface area contributed by atoms with Crippen LogP contribution in [0.3, 0.4) is 0 Å². The highest BCUT2D eigenvalue weighted by Crippen LogP contribution is 2.23. The first-order chi connectivity index (χ1) is 9.15. The molecule has 1 aromatic carbocycles. The van der Waals surface area contributed by atoms with Crippen LogP contribution >= 0.6 is 11.8 Å². The molecule has 2 rings (SSSR count). The predicted molar refractivity (Wildman–Crippen MR) is 72.5 cm³/mol. The average Bonchev–Trinajstić information content (AvgIpc) is 2.89. The number of ether oxygens (including phenoxy) is 1. The van der Waals surface area contributed by atoms with Gasteiger partial charge in [0.2, 0.25) is 0 Å². The molecule has 1 N–H and O–H groups in total. The second-order valence-electron chi connectivity index (χ2n) is 4.51. The summed E-state index contributed by atoms with van der Waals surface area (Å²) in [5.74, 6) is -0.875. The van der Waals surface area contributed by atoms with E-state index in [1.165, 1.54) is 23.9 Å². The highest BCUT2D eigenvalue weighted by Gasteiger charge is 2.19. The number of aromatic carboxylic acids is 1. The summed E-state index contributed by atoms with van der Waals surface area (Å²) in [6, 6.07) is 6.48. The summed E-state index contributed by atoms with van der Waals surface area (Å²) in [5.41, 5.74) is 0.248. The number of esters is 1. The van der Waals surface area contributed by atoms with Gasteiger partial charge in [-0.05, 0) is 49.9 Å². The van der Waals surface area contributed by atoms with E-state index >= 15 is 0 Å². The van der Waals surface area contributed by atoms with Crippen molar-refractivity contribution < 1.29 is 19.4 Å². The molecule has 0 heterocycles. The Morgan fingerprint density at radius 1 is 1.21 bits per heavy atom. The van der Waals surface area contributed by atoms with E-state index in [0.29, 0.717) is 0 Å². The molecule has 0 unspecified atom stereocenters. The molecule has 0 radical (unpaired) electrons. The van der Waals surface area contributed by atoms with E-state index in [2.05, 4.69) is 0 Å². The maximum atomic E-state index is 11.6. The van der Waals surface area contributed by atoms with E-state index in [1.54, 1.807) is 12.1 Å². The van der Waals surface area contributed by atoms with E-state index in [4.69, 9.17) is 9.84 Å². The average molecular weight is 280 g/mol. The Bertz CT molecular complexity index is 449. The first-order valence-corrected chi connectivity index (χ1v) is 7.29. The Morgan fingerprint density at radius 3 is 2.42 bits per heavy atom. The van der Waals surface area contributed by atoms with Gasteiger partial charge in [-0.1, -0.05) is 0 Å². The second kappa shape index (κ2) is 6.61. The van der Waals surface area contributed by atoms with Crippen molar-refractivity contribution in [1.29, 1.82) is 0 Å². The SMILES string of the molecule is O=C(CSc1ccc(C(=O)O)cc1)OC1CCCC1. The number of carboxylic acid groups (broad SMARTS) is 1. The third kappa shape index (κ3) is 4.28. The quantitative estimate of drug-likeness (QED) is 0.663. The van der Waals surface area contributed by atoms with Crippen molar-refractivity contribution in [2.75, 3.05) is 5.75 Å². The number of carbonyl (C=O) groups excluding carboxylic acids is 1. The van der Waals surface area contributed by atoms with Crippen LogP contribution in [-0.4, -0.2) is 28.9 Å². The van der Waals surface area contributed by atoms with E-state index in [0.717, 1.165) is 30.6 Å². The van der Waals surface area contributed by atoms with Crippen molar-refractivity contribution in [3.8, 4) is 0 Å². The zero-order valence-electron chi connectivity index (χ0n) is 10.5. The fourth-order valence-electron chi connectivity index (χ4n) is 2.06. The van der Waals surface area contributed by atoms with E-state index in [-0.39, 0.29) is 23.4 Å². The molecule has 1 fully saturated rings. The Balaban J connectivity index is 1.77. The predicted octanol–water partition coefficient (Wildman–Crippen LogP) is 2.96. The molecule has 4 nitrogen and oxygen atoms in total. The lowest BCUT2D eigenvalue weighted by atomic mass is 10.2. The van der Waals surface area contributed by atoms with Gasteiger partial charge < -0.3 is 9.84 Å². The van der Waals surface area contributed by atoms with Crippen molar-refractivity contribution in [1.82, 2.24) is 0 Å². The van der Waals surface area contributed by atoms with Crippen LogP contribution in [0.2, 0.25) is 0 Å². The third-order valence-electron chi connectivity index (χ3n) is 3.06. The van der Waals surface area contributed by atoms with Crippen LogP contribution in [0.1, 0.15) is 36.0 Å². The molecule has 0 aliphatic heterocycles. The summed E-state index contributed by atoms with van der Waals surface area (Å²) in [4.78, 5) is 23.2. The summed E-state index contributed by atoms with van der Waals surface area (Å²) in [7, 11) is 0. The summed E-state index contributed by atoms with van der Waals surface area (Å²) in [5, 5.41) is 8.77. The molecule has 0 aromatic heterocycles. The normalized spacial score (nSPS) is 15.4. The molecule has 19 heavy (non-hydrogen) atoms. The molecule has 0 bridgehead atoms. The smallest absolute Gasteiger partial charge is 0.335 e. The number of carbonyl (C=O) groups is 2. The highest BCUT2D eigenvalue weighted by atomic mass is 32.2. The fourth-order valence-corrected chi connectivity index (χ4v) is 2.74. The molecule has 5 heteroatoms. The van der Waals surface area contributed by atoms with Crippen LogP contribution in [0.15, 0.2) is 29.2 Å². The molecule has 1 aromatic rings. The van der Waals surface area contributed by atoms with E-state index < -0.39 is 5.97 Å². The van der Waals surface area contributed by atoms with Crippen LogP contribution in [0.25, 0.3) is 0 Å². The van der Waals surface area contributed by atoms with Gasteiger partial charge in [-0.25, -0.2) is 4.79 Å². The summed E-state index contributed by atoms with van der Waals surface area (Å²) in [6.45, 7) is 0. The Kier molecular flexibility index (Phi) is 4.85. The third-order valence-corrected chi connectivity index (χ3v) is 4.04. The highest BCUT2D eigenvalue weighted by molar-refractivity contribution is 8.00. The molecule has 102 valence electrons. The molecule has 0 atom stereocenters. The molecule has 0 amide bonds. The first-order valence-electron chi connectivity index (χ1n) is 6.31. The summed E-state index contributed by atoms with van der Waals surface area (Å²) < 4.78 is 5.34. The lowest BCUT2D eigenvalue weighted by Crippen LogP contribution is -2.16. The molecule has 0 saturated heterocycles. The zero-order valence-corrected chi connectivity index (χ0v) is 11.3. The van der Waals surface area contributed by atoms with Gasteiger partial charge in [-0.3, -0.25) is 4.79 Å². The fraction of sp³-hybridized carbons (Fsp3) is 0.429. The van der Waals surface area contributed by atoms with Gasteiger partial charge in [0.1, 0.15) is 6.10 Å². The zero-order chi connectivity index (χ0) is 13.7.